The number of benzene rings is 2. The highest BCUT2D eigenvalue weighted by Crippen LogP contribution is 2.20. The number of amides is 1. The van der Waals surface area contributed by atoms with Crippen molar-refractivity contribution < 1.29 is 13.2 Å². The first-order valence-electron chi connectivity index (χ1n) is 9.16. The van der Waals surface area contributed by atoms with Gasteiger partial charge in [-0.1, -0.05) is 43.6 Å². The average molecular weight is 424 g/mol. The molecule has 0 saturated carbocycles. The molecule has 0 aromatic heterocycles. The Morgan fingerprint density at radius 3 is 2.43 bits per heavy atom. The van der Waals surface area contributed by atoms with Crippen LogP contribution < -0.4 is 10.6 Å². The molecular weight excluding hydrogens is 398 g/mol. The van der Waals surface area contributed by atoms with Crippen molar-refractivity contribution in [2.24, 2.45) is 0 Å². The molecule has 1 atom stereocenters. The maximum absolute atomic E-state index is 12.6. The number of hydrogen-bond donors (Lipinski definition) is 2. The number of carbonyl (C=O) groups excluding carboxylic acids is 1. The van der Waals surface area contributed by atoms with Crippen molar-refractivity contribution in [3.63, 3.8) is 0 Å². The zero-order valence-corrected chi connectivity index (χ0v) is 17.8. The zero-order valence-electron chi connectivity index (χ0n) is 16.3. The molecular formula is C20H26ClN3O3S. The van der Waals surface area contributed by atoms with Gasteiger partial charge in [-0.25, -0.2) is 8.42 Å². The average Bonchev–Trinajstić information content (AvgIpc) is 2.67. The summed E-state index contributed by atoms with van der Waals surface area (Å²) in [6.07, 6.45) is 0. The molecule has 0 aliphatic rings. The zero-order chi connectivity index (χ0) is 20.7. The third-order valence-electron chi connectivity index (χ3n) is 4.38. The minimum absolute atomic E-state index is 0.0566. The molecule has 0 fully saturated rings. The standard InChI is InChI=1S/C20H26ClN3O3S/c1-4-24(5-2)28(26,27)19-11-7-10-18(13-19)23-20(25)14-22-15(3)16-8-6-9-17(21)12-16/h6-13,15,22H,4-5,14H2,1-3H3,(H,23,25)/t15-/m0/s1. The summed E-state index contributed by atoms with van der Waals surface area (Å²) in [5.74, 6) is -0.258. The van der Waals surface area contributed by atoms with Gasteiger partial charge in [0.25, 0.3) is 0 Å². The van der Waals surface area contributed by atoms with Crippen LogP contribution in [0.1, 0.15) is 32.4 Å². The third kappa shape index (κ3) is 5.78. The number of carbonyl (C=O) groups is 1. The normalized spacial score (nSPS) is 12.8. The molecule has 2 aromatic carbocycles. The first kappa shape index (κ1) is 22.4. The minimum Gasteiger partial charge on any atom is -0.325 e. The lowest BCUT2D eigenvalue weighted by atomic mass is 10.1. The molecule has 0 bridgehead atoms. The van der Waals surface area contributed by atoms with E-state index in [2.05, 4.69) is 10.6 Å². The molecule has 8 heteroatoms. The smallest absolute Gasteiger partial charge is 0.243 e. The molecule has 152 valence electrons. The molecule has 0 heterocycles. The Labute approximate surface area is 171 Å². The number of rotatable bonds is 9. The van der Waals surface area contributed by atoms with Gasteiger partial charge in [0.1, 0.15) is 0 Å². The van der Waals surface area contributed by atoms with Crippen molar-refractivity contribution in [1.82, 2.24) is 9.62 Å². The third-order valence-corrected chi connectivity index (χ3v) is 6.66. The summed E-state index contributed by atoms with van der Waals surface area (Å²) in [5, 5.41) is 6.51. The van der Waals surface area contributed by atoms with Crippen LogP contribution in [0.5, 0.6) is 0 Å². The van der Waals surface area contributed by atoms with Gasteiger partial charge >= 0.3 is 0 Å². The lowest BCUT2D eigenvalue weighted by Crippen LogP contribution is -2.31. The number of sulfonamides is 1. The second kappa shape index (κ2) is 10.0. The van der Waals surface area contributed by atoms with Crippen molar-refractivity contribution in [3.8, 4) is 0 Å². The monoisotopic (exact) mass is 423 g/mol. The SMILES string of the molecule is CCN(CC)S(=O)(=O)c1cccc(NC(=O)CN[C@@H](C)c2cccc(Cl)c2)c1. The van der Waals surface area contributed by atoms with Crippen LogP contribution in [0.25, 0.3) is 0 Å². The molecule has 0 radical (unpaired) electrons. The topological polar surface area (TPSA) is 78.5 Å². The summed E-state index contributed by atoms with van der Waals surface area (Å²) >= 11 is 5.99. The van der Waals surface area contributed by atoms with E-state index in [1.54, 1.807) is 32.0 Å². The van der Waals surface area contributed by atoms with E-state index in [1.807, 2.05) is 25.1 Å². The van der Waals surface area contributed by atoms with Gasteiger partial charge in [-0.2, -0.15) is 4.31 Å². The molecule has 6 nitrogen and oxygen atoms in total. The number of hydrogen-bond acceptors (Lipinski definition) is 4. The molecule has 2 rings (SSSR count). The maximum Gasteiger partial charge on any atom is 0.243 e. The van der Waals surface area contributed by atoms with Crippen LogP contribution in [-0.2, 0) is 14.8 Å². The number of halogens is 1. The quantitative estimate of drug-likeness (QED) is 0.645. The molecule has 2 N–H and O–H groups in total. The number of nitrogens with one attached hydrogen (secondary N) is 2. The summed E-state index contributed by atoms with van der Waals surface area (Å²) in [7, 11) is -3.57. The Morgan fingerprint density at radius 1 is 1.11 bits per heavy atom. The van der Waals surface area contributed by atoms with Crippen molar-refractivity contribution in [2.75, 3.05) is 25.0 Å². The van der Waals surface area contributed by atoms with Crippen LogP contribution in [0.3, 0.4) is 0 Å². The van der Waals surface area contributed by atoms with Crippen LogP contribution in [0.2, 0.25) is 5.02 Å². The molecule has 0 spiro atoms. The first-order chi connectivity index (χ1) is 13.3. The highest BCUT2D eigenvalue weighted by atomic mass is 35.5. The number of anilines is 1. The predicted octanol–water partition coefficient (Wildman–Crippen LogP) is 3.66. The Balaban J connectivity index is 2.01. The second-order valence-electron chi connectivity index (χ2n) is 6.32. The Hall–Kier alpha value is -1.93. The van der Waals surface area contributed by atoms with E-state index in [0.717, 1.165) is 5.56 Å². The van der Waals surface area contributed by atoms with Crippen LogP contribution in [-0.4, -0.2) is 38.3 Å². The summed E-state index contributed by atoms with van der Waals surface area (Å²) in [4.78, 5) is 12.4. The number of nitrogens with zero attached hydrogens (tertiary/aromatic N) is 1. The summed E-state index contributed by atoms with van der Waals surface area (Å²) < 4.78 is 26.6. The van der Waals surface area contributed by atoms with Crippen molar-refractivity contribution in [2.45, 2.75) is 31.7 Å². The van der Waals surface area contributed by atoms with E-state index in [4.69, 9.17) is 11.6 Å². The van der Waals surface area contributed by atoms with Crippen molar-refractivity contribution >= 4 is 33.2 Å². The summed E-state index contributed by atoms with van der Waals surface area (Å²) in [5.41, 5.74) is 1.42. The van der Waals surface area contributed by atoms with Crippen molar-refractivity contribution in [1.29, 1.82) is 0 Å². The van der Waals surface area contributed by atoms with E-state index in [1.165, 1.54) is 16.4 Å². The van der Waals surface area contributed by atoms with Gasteiger partial charge < -0.3 is 10.6 Å². The second-order valence-corrected chi connectivity index (χ2v) is 8.70. The van der Waals surface area contributed by atoms with Gasteiger partial charge in [-0.05, 0) is 42.8 Å². The van der Waals surface area contributed by atoms with Crippen molar-refractivity contribution in [3.05, 3.63) is 59.1 Å². The lowest BCUT2D eigenvalue weighted by molar-refractivity contribution is -0.115. The summed E-state index contributed by atoms with van der Waals surface area (Å²) in [6, 6.07) is 13.7. The highest BCUT2D eigenvalue weighted by molar-refractivity contribution is 7.89. The molecule has 28 heavy (non-hydrogen) atoms. The lowest BCUT2D eigenvalue weighted by Gasteiger charge is -2.19. The van der Waals surface area contributed by atoms with E-state index in [0.29, 0.717) is 23.8 Å². The minimum atomic E-state index is -3.57. The van der Waals surface area contributed by atoms with Crippen LogP contribution in [0.4, 0.5) is 5.69 Å². The van der Waals surface area contributed by atoms with Gasteiger partial charge in [-0.3, -0.25) is 4.79 Å². The molecule has 0 aliphatic carbocycles. The maximum atomic E-state index is 12.6. The van der Waals surface area contributed by atoms with Gasteiger partial charge in [0.15, 0.2) is 0 Å². The van der Waals surface area contributed by atoms with Crippen LogP contribution >= 0.6 is 11.6 Å². The highest BCUT2D eigenvalue weighted by Gasteiger charge is 2.21. The first-order valence-corrected chi connectivity index (χ1v) is 11.0. The molecule has 0 unspecified atom stereocenters. The van der Waals surface area contributed by atoms with Gasteiger partial charge in [0, 0.05) is 29.8 Å². The predicted molar refractivity (Wildman–Crippen MR) is 113 cm³/mol. The van der Waals surface area contributed by atoms with E-state index < -0.39 is 10.0 Å². The Bertz CT molecular complexity index is 914. The fourth-order valence-electron chi connectivity index (χ4n) is 2.79. The molecule has 0 aliphatic heterocycles. The van der Waals surface area contributed by atoms with Gasteiger partial charge in [-0.15, -0.1) is 0 Å². The van der Waals surface area contributed by atoms with E-state index in [9.17, 15) is 13.2 Å². The van der Waals surface area contributed by atoms with E-state index >= 15 is 0 Å². The Morgan fingerprint density at radius 2 is 1.79 bits per heavy atom. The van der Waals surface area contributed by atoms with Gasteiger partial charge in [0.2, 0.25) is 15.9 Å². The van der Waals surface area contributed by atoms with Crippen LogP contribution in [0, 0.1) is 0 Å². The Kier molecular flexibility index (Phi) is 8.00. The fourth-order valence-corrected chi connectivity index (χ4v) is 4.49. The van der Waals surface area contributed by atoms with Gasteiger partial charge in [0.05, 0.1) is 11.4 Å². The largest absolute Gasteiger partial charge is 0.325 e. The molecule has 0 saturated heterocycles. The van der Waals surface area contributed by atoms with E-state index in [-0.39, 0.29) is 23.4 Å². The summed E-state index contributed by atoms with van der Waals surface area (Å²) in [6.45, 7) is 6.39. The van der Waals surface area contributed by atoms with Crippen LogP contribution in [0.15, 0.2) is 53.4 Å². The molecule has 1 amide bonds. The fraction of sp³-hybridized carbons (Fsp3) is 0.350. The molecule has 2 aromatic rings.